The van der Waals surface area contributed by atoms with Crippen molar-refractivity contribution in [3.63, 3.8) is 0 Å². The minimum Gasteiger partial charge on any atom is -0.379 e. The third-order valence-electron chi connectivity index (χ3n) is 3.77. The van der Waals surface area contributed by atoms with Gasteiger partial charge in [0.2, 0.25) is 0 Å². The van der Waals surface area contributed by atoms with Gasteiger partial charge in [-0.05, 0) is 36.8 Å². The van der Waals surface area contributed by atoms with Gasteiger partial charge in [-0.3, -0.25) is 4.99 Å². The van der Waals surface area contributed by atoms with Crippen molar-refractivity contribution in [3.8, 4) is 0 Å². The Bertz CT molecular complexity index is 487. The molecule has 0 aromatic heterocycles. The van der Waals surface area contributed by atoms with E-state index in [-0.39, 0.29) is 0 Å². The smallest absolute Gasteiger partial charge is 0.191 e. The van der Waals surface area contributed by atoms with Crippen molar-refractivity contribution < 1.29 is 9.47 Å². The molecular weight excluding hydrogens is 290 g/mol. The van der Waals surface area contributed by atoms with Crippen molar-refractivity contribution in [2.75, 3.05) is 33.4 Å². The van der Waals surface area contributed by atoms with Gasteiger partial charge in [0, 0.05) is 26.7 Å². The first-order valence-electron chi connectivity index (χ1n) is 8.49. The van der Waals surface area contributed by atoms with E-state index in [1.807, 2.05) is 14.0 Å². The molecule has 23 heavy (non-hydrogen) atoms. The number of guanidine groups is 1. The number of nitrogens with zero attached hydrogens (tertiary/aromatic N) is 1. The second-order valence-corrected chi connectivity index (χ2v) is 5.82. The summed E-state index contributed by atoms with van der Waals surface area (Å²) in [5, 5.41) is 6.73. The highest BCUT2D eigenvalue weighted by molar-refractivity contribution is 5.79. The third kappa shape index (κ3) is 7.48. The predicted molar refractivity (Wildman–Crippen MR) is 93.5 cm³/mol. The van der Waals surface area contributed by atoms with E-state index in [9.17, 15) is 0 Å². The third-order valence-corrected chi connectivity index (χ3v) is 3.77. The number of benzene rings is 1. The van der Waals surface area contributed by atoms with E-state index in [0.717, 1.165) is 31.6 Å². The first-order chi connectivity index (χ1) is 11.3. The minimum absolute atomic E-state index is 0.621. The van der Waals surface area contributed by atoms with E-state index >= 15 is 0 Å². The predicted octanol–water partition coefficient (Wildman–Crippen LogP) is 2.31. The van der Waals surface area contributed by atoms with E-state index in [1.54, 1.807) is 0 Å². The van der Waals surface area contributed by atoms with Crippen molar-refractivity contribution >= 4 is 5.96 Å². The molecule has 0 amide bonds. The normalized spacial score (nSPS) is 14.8. The maximum Gasteiger partial charge on any atom is 0.191 e. The maximum atomic E-state index is 5.61. The quantitative estimate of drug-likeness (QED) is 0.395. The fourth-order valence-electron chi connectivity index (χ4n) is 2.25. The van der Waals surface area contributed by atoms with Crippen molar-refractivity contribution in [3.05, 3.63) is 35.4 Å². The van der Waals surface area contributed by atoms with Crippen LogP contribution < -0.4 is 10.6 Å². The molecule has 0 heterocycles. The Morgan fingerprint density at radius 1 is 1.17 bits per heavy atom. The van der Waals surface area contributed by atoms with Gasteiger partial charge in [0.15, 0.2) is 5.96 Å². The highest BCUT2D eigenvalue weighted by atomic mass is 16.5. The van der Waals surface area contributed by atoms with Crippen LogP contribution in [0.15, 0.2) is 29.3 Å². The topological polar surface area (TPSA) is 54.9 Å². The second-order valence-electron chi connectivity index (χ2n) is 5.82. The molecule has 5 heteroatoms. The van der Waals surface area contributed by atoms with Gasteiger partial charge < -0.3 is 20.1 Å². The van der Waals surface area contributed by atoms with Crippen molar-refractivity contribution in [2.45, 2.75) is 32.9 Å². The van der Waals surface area contributed by atoms with Crippen LogP contribution in [0, 0.1) is 5.92 Å². The average molecular weight is 319 g/mol. The molecule has 2 rings (SSSR count). The first kappa shape index (κ1) is 17.8. The summed E-state index contributed by atoms with van der Waals surface area (Å²) in [5.74, 6) is 1.71. The Balaban J connectivity index is 1.70. The summed E-state index contributed by atoms with van der Waals surface area (Å²) in [4.78, 5) is 4.26. The highest BCUT2D eigenvalue weighted by Crippen LogP contribution is 2.27. The molecule has 1 aliphatic rings. The lowest BCUT2D eigenvalue weighted by Gasteiger charge is -2.12. The van der Waals surface area contributed by atoms with Gasteiger partial charge in [-0.15, -0.1) is 0 Å². The van der Waals surface area contributed by atoms with Crippen LogP contribution in [0.25, 0.3) is 0 Å². The molecule has 0 aliphatic heterocycles. The molecule has 2 N–H and O–H groups in total. The molecular formula is C18H29N3O2. The van der Waals surface area contributed by atoms with Gasteiger partial charge in [-0.25, -0.2) is 0 Å². The maximum absolute atomic E-state index is 5.61. The van der Waals surface area contributed by atoms with E-state index < -0.39 is 0 Å². The molecule has 0 spiro atoms. The van der Waals surface area contributed by atoms with Crippen LogP contribution >= 0.6 is 0 Å². The molecule has 1 fully saturated rings. The van der Waals surface area contributed by atoms with Gasteiger partial charge in [-0.2, -0.15) is 0 Å². The number of hydrogen-bond acceptors (Lipinski definition) is 3. The summed E-state index contributed by atoms with van der Waals surface area (Å²) < 4.78 is 10.9. The summed E-state index contributed by atoms with van der Waals surface area (Å²) in [6.45, 7) is 6.42. The van der Waals surface area contributed by atoms with Crippen LogP contribution in [0.2, 0.25) is 0 Å². The molecule has 1 aliphatic carbocycles. The van der Waals surface area contributed by atoms with Gasteiger partial charge >= 0.3 is 0 Å². The fraction of sp³-hybridized carbons (Fsp3) is 0.611. The second kappa shape index (κ2) is 10.2. The van der Waals surface area contributed by atoms with Gasteiger partial charge in [0.1, 0.15) is 0 Å². The number of nitrogens with one attached hydrogen (secondary N) is 2. The largest absolute Gasteiger partial charge is 0.379 e. The van der Waals surface area contributed by atoms with Crippen molar-refractivity contribution in [1.29, 1.82) is 0 Å². The summed E-state index contributed by atoms with van der Waals surface area (Å²) in [7, 11) is 1.81. The molecule has 0 unspecified atom stereocenters. The lowest BCUT2D eigenvalue weighted by molar-refractivity contribution is 0.0453. The Labute approximate surface area is 139 Å². The van der Waals surface area contributed by atoms with Crippen molar-refractivity contribution in [1.82, 2.24) is 10.6 Å². The van der Waals surface area contributed by atoms with Crippen LogP contribution in [0.1, 0.15) is 30.9 Å². The van der Waals surface area contributed by atoms with Crippen LogP contribution in [-0.4, -0.2) is 39.4 Å². The summed E-state index contributed by atoms with van der Waals surface area (Å²) >= 11 is 0. The molecule has 0 atom stereocenters. The molecule has 0 bridgehead atoms. The SMILES string of the molecule is CCOCCOCc1cccc(CNC(=NC)NCC2CC2)c1. The number of aliphatic imine (C=N–C) groups is 1. The summed E-state index contributed by atoms with van der Waals surface area (Å²) in [6, 6.07) is 8.44. The summed E-state index contributed by atoms with van der Waals surface area (Å²) in [5.41, 5.74) is 2.41. The average Bonchev–Trinajstić information content (AvgIpc) is 3.40. The van der Waals surface area contributed by atoms with E-state index in [1.165, 1.54) is 24.0 Å². The van der Waals surface area contributed by atoms with Crippen LogP contribution in [0.3, 0.4) is 0 Å². The Morgan fingerprint density at radius 2 is 1.96 bits per heavy atom. The van der Waals surface area contributed by atoms with E-state index in [4.69, 9.17) is 9.47 Å². The molecule has 0 radical (unpaired) electrons. The highest BCUT2D eigenvalue weighted by Gasteiger charge is 2.20. The molecule has 1 aromatic carbocycles. The number of ether oxygens (including phenoxy) is 2. The van der Waals surface area contributed by atoms with Crippen LogP contribution in [0.4, 0.5) is 0 Å². The zero-order valence-electron chi connectivity index (χ0n) is 14.3. The fourth-order valence-corrected chi connectivity index (χ4v) is 2.25. The minimum atomic E-state index is 0.621. The molecule has 1 saturated carbocycles. The van der Waals surface area contributed by atoms with Crippen LogP contribution in [-0.2, 0) is 22.6 Å². The van der Waals surface area contributed by atoms with Crippen LogP contribution in [0.5, 0.6) is 0 Å². The number of hydrogen-bond donors (Lipinski definition) is 2. The standard InChI is InChI=1S/C18H29N3O2/c1-3-22-9-10-23-14-17-6-4-5-16(11-17)13-21-18(19-2)20-12-15-7-8-15/h4-6,11,15H,3,7-10,12-14H2,1-2H3,(H2,19,20,21). The lowest BCUT2D eigenvalue weighted by Crippen LogP contribution is -2.37. The first-order valence-corrected chi connectivity index (χ1v) is 8.49. The lowest BCUT2D eigenvalue weighted by atomic mass is 10.1. The Hall–Kier alpha value is -1.59. The molecule has 5 nitrogen and oxygen atoms in total. The number of rotatable bonds is 10. The van der Waals surface area contributed by atoms with E-state index in [2.05, 4.69) is 39.9 Å². The van der Waals surface area contributed by atoms with Gasteiger partial charge in [0.05, 0.1) is 19.8 Å². The zero-order chi connectivity index (χ0) is 16.3. The molecule has 0 saturated heterocycles. The molecule has 128 valence electrons. The Morgan fingerprint density at radius 3 is 2.70 bits per heavy atom. The Kier molecular flexibility index (Phi) is 7.90. The summed E-state index contributed by atoms with van der Waals surface area (Å²) in [6.07, 6.45) is 2.69. The zero-order valence-corrected chi connectivity index (χ0v) is 14.3. The van der Waals surface area contributed by atoms with E-state index in [0.29, 0.717) is 19.8 Å². The van der Waals surface area contributed by atoms with Gasteiger partial charge in [0.25, 0.3) is 0 Å². The molecule has 1 aromatic rings. The monoisotopic (exact) mass is 319 g/mol. The van der Waals surface area contributed by atoms with Crippen molar-refractivity contribution in [2.24, 2.45) is 10.9 Å². The van der Waals surface area contributed by atoms with Gasteiger partial charge in [-0.1, -0.05) is 24.3 Å².